The van der Waals surface area contributed by atoms with Crippen LogP contribution in [0.3, 0.4) is 0 Å². The van der Waals surface area contributed by atoms with Crippen LogP contribution in [0, 0.1) is 5.92 Å². The lowest BCUT2D eigenvalue weighted by molar-refractivity contribution is -0.147. The topological polar surface area (TPSA) is 535 Å². The number of carboxylic acids is 1. The van der Waals surface area contributed by atoms with E-state index < -0.39 is 226 Å². The van der Waals surface area contributed by atoms with Crippen LogP contribution in [0.2, 0.25) is 20.1 Å². The maximum atomic E-state index is 15.6. The van der Waals surface area contributed by atoms with E-state index in [1.165, 1.54) is 20.8 Å². The number of fused-ring (bicyclic) bond motifs is 3. The summed E-state index contributed by atoms with van der Waals surface area (Å²) in [4.78, 5) is 217. The molecule has 42 heteroatoms. The molecule has 0 aromatic heterocycles. The first-order valence-electron chi connectivity index (χ1n) is 48.4. The Hall–Kier alpha value is -14.9. The summed E-state index contributed by atoms with van der Waals surface area (Å²) in [6, 6.07) is 50.4. The van der Waals surface area contributed by atoms with Crippen LogP contribution < -0.4 is 80.2 Å². The molecule has 0 fully saturated rings. The monoisotopic (exact) mass is 2130 g/mol. The first-order valence-corrected chi connectivity index (χ1v) is 49.9. The normalized spacial score (nSPS) is 13.7. The highest BCUT2D eigenvalue weighted by atomic mass is 35.5. The van der Waals surface area contributed by atoms with Gasteiger partial charge in [0.25, 0.3) is 0 Å². The molecule has 1 aliphatic carbocycles. The Bertz CT molecular complexity index is 5980. The summed E-state index contributed by atoms with van der Waals surface area (Å²) in [5, 5.41) is 48.1. The zero-order valence-corrected chi connectivity index (χ0v) is 85.6. The SMILES string of the molecule is CC(C)C[C@H](NC(=O)[C@@H](Cc1ccccc1)NC(=O)[C@H](CCNC(=O)OCc1ccccc1Cl)NC(=O)[C@H](CCN)NC(=O)[C@H](CCNC(=O)OCc1ccccc1Cl)NC(=O)[C@@H](NC(=O)[C@H](C)NC(=O)OCC1c2ccccc2-c2ccccc21)[C@@H](C)OCc1ccccc1)C(=O)N[C@@H](CCNC(=O)OCc1ccccc1Cl)C(=O)N[C@@H](CCNC(=O)OCc1ccccc1Cl)C(=O)N[C@H](C(=O)O)[C@@H](C)OCc1ccccc1. The molecule has 0 saturated carbocycles. The van der Waals surface area contributed by atoms with Gasteiger partial charge < -0.3 is 118 Å². The predicted molar refractivity (Wildman–Crippen MR) is 554 cm³/mol. The van der Waals surface area contributed by atoms with Gasteiger partial charge in [0.05, 0.1) is 25.4 Å². The molecule has 38 nitrogen and oxygen atoms in total. The highest BCUT2D eigenvalue weighted by Crippen LogP contribution is 2.45. The van der Waals surface area contributed by atoms with Gasteiger partial charge in [0.15, 0.2) is 6.04 Å². The number of halogens is 4. The van der Waals surface area contributed by atoms with E-state index in [1.54, 1.807) is 202 Å². The van der Waals surface area contributed by atoms with Gasteiger partial charge in [0, 0.05) is 80.9 Å². The predicted octanol–water partition coefficient (Wildman–Crippen LogP) is 11.1. The molecule has 9 aromatic carbocycles. The molecule has 0 unspecified atom stereocenters. The maximum Gasteiger partial charge on any atom is 0.407 e. The fourth-order valence-corrected chi connectivity index (χ4v) is 16.4. The van der Waals surface area contributed by atoms with E-state index in [0.29, 0.717) is 49.0 Å². The number of carbonyl (C=O) groups excluding carboxylic acids is 14. The van der Waals surface area contributed by atoms with Gasteiger partial charge in [-0.15, -0.1) is 0 Å². The Balaban J connectivity index is 0.912. The second kappa shape index (κ2) is 60.4. The number of alkyl carbamates (subject to hydrolysis) is 5. The Morgan fingerprint density at radius 1 is 0.302 bits per heavy atom. The Labute approximate surface area is 881 Å². The number of nitrogens with one attached hydrogen (secondary N) is 14. The molecule has 1 aliphatic rings. The van der Waals surface area contributed by atoms with Crippen molar-refractivity contribution >= 4 is 136 Å². The summed E-state index contributed by atoms with van der Waals surface area (Å²) in [5.74, 6) is -11.9. The third-order valence-corrected chi connectivity index (χ3v) is 25.3. The number of ether oxygens (including phenoxy) is 7. The number of carbonyl (C=O) groups is 15. The number of benzene rings is 9. The number of carboxylic acid groups (broad SMARTS) is 1. The second-order valence-corrected chi connectivity index (χ2v) is 37.0. The fourth-order valence-electron chi connectivity index (χ4n) is 15.7. The van der Waals surface area contributed by atoms with Gasteiger partial charge in [-0.3, -0.25) is 43.2 Å². The summed E-state index contributed by atoms with van der Waals surface area (Å²) < 4.78 is 39.7. The van der Waals surface area contributed by atoms with E-state index in [9.17, 15) is 43.5 Å². The van der Waals surface area contributed by atoms with E-state index in [0.717, 1.165) is 22.3 Å². The third kappa shape index (κ3) is 38.1. The van der Waals surface area contributed by atoms with Gasteiger partial charge in [0.1, 0.15) is 87.4 Å². The van der Waals surface area contributed by atoms with Crippen molar-refractivity contribution in [1.82, 2.24) is 74.4 Å². The first kappa shape index (κ1) is 116. The van der Waals surface area contributed by atoms with Crippen LogP contribution in [0.1, 0.15) is 129 Å². The molecule has 17 N–H and O–H groups in total. The van der Waals surface area contributed by atoms with Crippen LogP contribution in [0.15, 0.2) is 237 Å². The first-order chi connectivity index (χ1) is 71.7. The molecule has 0 radical (unpaired) electrons. The largest absolute Gasteiger partial charge is 0.480 e. The van der Waals surface area contributed by atoms with Gasteiger partial charge in [-0.05, 0) is 135 Å². The standard InChI is InChI=1S/C107H123Cl4N15O23/c1-64(2)55-89(99(133)121-85(46-51-113-103(138)145-59-71-33-15-23-41-80(71)108)95(129)120-88(49-54-116-106(141)148-62-74-36-18-26-44-83(74)111)98(132)126-92(102(136)137)67(5)144-58-70-31-13-8-14-32-70)123-100(134)90(56-68-27-9-6-10-28-68)124-97(131)86(47-52-114-104(139)146-60-72-34-16-24-42-81(72)109)119-94(128)84(45-50-112)118-96(130)87(48-53-115-105(140)147-61-73-35-17-25-43-82(73)110)122-101(135)91(66(4)143-57-69-29-11-7-12-30-69)125-93(127)65(3)117-107(142)149-63-79-77-39-21-19-37-75(77)76-38-20-22-40-78(76)79/h6-44,64-67,79,84-92H,45-63,112H2,1-5H3,(H,113,138)(H,114,139)(H,115,140)(H,116,141)(H,117,142)(H,118,130)(H,119,128)(H,120,129)(H,121,133)(H,122,135)(H,123,134)(H,124,131)(H,125,127)(H,126,132)(H,136,137)/t65-,66+,67+,84-,85-,86-,87-,88-,89-,90+,91-,92-/m0/s1. The number of hydrogen-bond donors (Lipinski definition) is 16. The van der Waals surface area contributed by atoms with Crippen LogP contribution in [-0.2, 0) is 127 Å². The maximum absolute atomic E-state index is 15.6. The van der Waals surface area contributed by atoms with E-state index in [4.69, 9.17) is 85.3 Å². The fraction of sp³-hybridized carbons (Fsp3) is 0.355. The molecule has 0 saturated heterocycles. The lowest BCUT2D eigenvalue weighted by Crippen LogP contribution is -2.62. The van der Waals surface area contributed by atoms with Gasteiger partial charge in [-0.25, -0.2) is 28.8 Å². The van der Waals surface area contributed by atoms with Gasteiger partial charge in [-0.1, -0.05) is 273 Å². The molecule has 149 heavy (non-hydrogen) atoms. The van der Waals surface area contributed by atoms with Crippen LogP contribution in [0.5, 0.6) is 0 Å². The van der Waals surface area contributed by atoms with Crippen LogP contribution in [0.4, 0.5) is 24.0 Å². The highest BCUT2D eigenvalue weighted by Gasteiger charge is 2.40. The van der Waals surface area contributed by atoms with E-state index in [-0.39, 0.29) is 81.6 Å². The molecular weight excluding hydrogens is 2010 g/mol. The minimum absolute atomic E-state index is 0.0761. The molecule has 0 spiro atoms. The van der Waals surface area contributed by atoms with Crippen LogP contribution >= 0.6 is 46.4 Å². The van der Waals surface area contributed by atoms with Gasteiger partial charge in [0.2, 0.25) is 53.2 Å². The zero-order valence-electron chi connectivity index (χ0n) is 82.6. The third-order valence-electron chi connectivity index (χ3n) is 23.8. The van der Waals surface area contributed by atoms with Gasteiger partial charge >= 0.3 is 36.4 Å². The number of rotatable bonds is 56. The zero-order chi connectivity index (χ0) is 107. The van der Waals surface area contributed by atoms with Crippen molar-refractivity contribution < 1.29 is 110 Å². The summed E-state index contributed by atoms with van der Waals surface area (Å²) in [6.45, 7) is 4.09. The van der Waals surface area contributed by atoms with E-state index in [2.05, 4.69) is 74.4 Å². The lowest BCUT2D eigenvalue weighted by atomic mass is 9.98. The minimum atomic E-state index is -1.80. The summed E-state index contributed by atoms with van der Waals surface area (Å²) >= 11 is 25.5. The van der Waals surface area contributed by atoms with Crippen LogP contribution in [0.25, 0.3) is 11.1 Å². The number of nitrogens with two attached hydrogens (primary N) is 1. The highest BCUT2D eigenvalue weighted by molar-refractivity contribution is 6.32. The smallest absolute Gasteiger partial charge is 0.407 e. The Kier molecular flexibility index (Phi) is 47.0. The minimum Gasteiger partial charge on any atom is -0.480 e. The van der Waals surface area contributed by atoms with Crippen molar-refractivity contribution in [2.45, 2.75) is 198 Å². The van der Waals surface area contributed by atoms with E-state index >= 15 is 33.6 Å². The van der Waals surface area contributed by atoms with Crippen molar-refractivity contribution in [3.63, 3.8) is 0 Å². The Morgan fingerprint density at radius 3 is 0.960 bits per heavy atom. The van der Waals surface area contributed by atoms with Gasteiger partial charge in [-0.2, -0.15) is 0 Å². The quantitative estimate of drug-likeness (QED) is 0.0157. The summed E-state index contributed by atoms with van der Waals surface area (Å²) in [6.07, 6.45) is -10.3. The molecule has 14 amide bonds. The number of hydrogen-bond acceptors (Lipinski definition) is 23. The molecular formula is C107H123Cl4N15O23. The van der Waals surface area contributed by atoms with Crippen molar-refractivity contribution in [2.75, 3.05) is 39.3 Å². The summed E-state index contributed by atoms with van der Waals surface area (Å²) in [5.41, 5.74) is 13.6. The summed E-state index contributed by atoms with van der Waals surface area (Å²) in [7, 11) is 0. The van der Waals surface area contributed by atoms with Crippen molar-refractivity contribution in [3.8, 4) is 11.1 Å². The molecule has 0 bridgehead atoms. The number of amides is 14. The van der Waals surface area contributed by atoms with Crippen LogP contribution in [-0.4, -0.2) is 207 Å². The number of aliphatic carboxylic acids is 1. The van der Waals surface area contributed by atoms with E-state index in [1.807, 2.05) is 48.5 Å². The molecule has 0 heterocycles. The second-order valence-electron chi connectivity index (χ2n) is 35.4. The molecule has 0 aliphatic heterocycles. The van der Waals surface area contributed by atoms with Crippen molar-refractivity contribution in [1.29, 1.82) is 0 Å². The molecule has 792 valence electrons. The lowest BCUT2D eigenvalue weighted by Gasteiger charge is -2.29. The van der Waals surface area contributed by atoms with Crippen molar-refractivity contribution in [3.05, 3.63) is 307 Å². The van der Waals surface area contributed by atoms with Crippen molar-refractivity contribution in [2.24, 2.45) is 11.7 Å². The average Bonchev–Trinajstić information content (AvgIpc) is 1.61. The Morgan fingerprint density at radius 2 is 0.597 bits per heavy atom. The average molecular weight is 2130 g/mol. The molecule has 10 rings (SSSR count). The molecule has 9 aromatic rings. The molecule has 12 atom stereocenters.